The van der Waals surface area contributed by atoms with Crippen LogP contribution in [-0.2, 0) is 27.3 Å². The molecule has 0 spiro atoms. The second kappa shape index (κ2) is 13.3. The molecule has 42 heavy (non-hydrogen) atoms. The molecule has 0 bridgehead atoms. The third-order valence-corrected chi connectivity index (χ3v) is 6.57. The molecule has 0 aliphatic carbocycles. The van der Waals surface area contributed by atoms with Crippen LogP contribution in [0.1, 0.15) is 34.8 Å². The predicted molar refractivity (Wildman–Crippen MR) is 154 cm³/mol. The van der Waals surface area contributed by atoms with E-state index < -0.39 is 48.4 Å². The average Bonchev–Trinajstić information content (AvgIpc) is 3.03. The van der Waals surface area contributed by atoms with Gasteiger partial charge >= 0.3 is 12.0 Å². The third-order valence-electron chi connectivity index (χ3n) is 6.57. The Hall–Kier alpha value is -5.39. The number of carbonyl (C=O) groups excluding carboxylic acids is 4. The van der Waals surface area contributed by atoms with Gasteiger partial charge in [-0.25, -0.2) is 4.79 Å². The molecule has 6 N–H and O–H groups in total. The van der Waals surface area contributed by atoms with Crippen LogP contribution in [0.3, 0.4) is 0 Å². The zero-order chi connectivity index (χ0) is 30.2. The summed E-state index contributed by atoms with van der Waals surface area (Å²) in [5, 5.41) is 29.4. The monoisotopic (exact) mass is 573 g/mol. The van der Waals surface area contributed by atoms with Gasteiger partial charge in [0, 0.05) is 24.7 Å². The summed E-state index contributed by atoms with van der Waals surface area (Å²) in [6, 6.07) is 17.6. The van der Waals surface area contributed by atoms with Gasteiger partial charge in [-0.15, -0.1) is 0 Å². The molecule has 1 aliphatic heterocycles. The molecule has 0 radical (unpaired) electrons. The molecule has 12 heteroatoms. The fourth-order valence-corrected chi connectivity index (χ4v) is 4.54. The lowest BCUT2D eigenvalue weighted by molar-refractivity contribution is -0.137. The van der Waals surface area contributed by atoms with Crippen LogP contribution < -0.4 is 21.3 Å². The number of carbonyl (C=O) groups is 5. The molecule has 12 nitrogen and oxygen atoms in total. The Morgan fingerprint density at radius 1 is 0.976 bits per heavy atom. The van der Waals surface area contributed by atoms with Crippen LogP contribution in [0.25, 0.3) is 0 Å². The van der Waals surface area contributed by atoms with Gasteiger partial charge in [0.15, 0.2) is 0 Å². The topological polar surface area (TPSA) is 177 Å². The fourth-order valence-electron chi connectivity index (χ4n) is 4.54. The molecule has 1 heterocycles. The van der Waals surface area contributed by atoms with Crippen molar-refractivity contribution in [1.29, 1.82) is 0 Å². The van der Waals surface area contributed by atoms with Gasteiger partial charge in [-0.1, -0.05) is 42.5 Å². The maximum Gasteiger partial charge on any atom is 0.319 e. The van der Waals surface area contributed by atoms with E-state index in [1.165, 1.54) is 31.2 Å². The summed E-state index contributed by atoms with van der Waals surface area (Å²) < 4.78 is 0. The standard InChI is InChI=1S/C30H31N5O7/c1-18(13-27(38)39)32-26(37)17-35-25(14-19-7-10-22(36)11-8-19)28(40)34-24-12-9-21(15-23(24)29(35)41)33-30(42)31-16-20-5-3-2-4-6-20/h2-12,15,18,25,36H,13-14,16-17H2,1H3,(H,32,37)(H,34,40)(H,38,39)(H2,31,33,42)/t18-,25-/m0/s1. The molecular formula is C30H31N5O7. The highest BCUT2D eigenvalue weighted by Crippen LogP contribution is 2.28. The molecule has 0 fully saturated rings. The normalized spacial score (nSPS) is 15.1. The molecule has 3 aromatic carbocycles. The smallest absolute Gasteiger partial charge is 0.319 e. The number of hydrogen-bond acceptors (Lipinski definition) is 6. The van der Waals surface area contributed by atoms with Crippen molar-refractivity contribution in [2.75, 3.05) is 17.2 Å². The second-order valence-electron chi connectivity index (χ2n) is 9.93. The number of nitrogens with one attached hydrogen (secondary N) is 4. The van der Waals surface area contributed by atoms with Crippen molar-refractivity contribution in [3.63, 3.8) is 0 Å². The van der Waals surface area contributed by atoms with Gasteiger partial charge in [0.2, 0.25) is 11.8 Å². The number of anilines is 2. The number of hydrogen-bond donors (Lipinski definition) is 6. The number of carboxylic acids is 1. The summed E-state index contributed by atoms with van der Waals surface area (Å²) in [5.74, 6) is -2.88. The summed E-state index contributed by atoms with van der Waals surface area (Å²) in [6.45, 7) is 1.29. The molecule has 0 saturated heterocycles. The molecule has 218 valence electrons. The lowest BCUT2D eigenvalue weighted by atomic mass is 10.0. The van der Waals surface area contributed by atoms with E-state index in [9.17, 15) is 29.1 Å². The minimum absolute atomic E-state index is 0.0315. The van der Waals surface area contributed by atoms with E-state index >= 15 is 0 Å². The number of carboxylic acid groups (broad SMARTS) is 1. The first-order valence-electron chi connectivity index (χ1n) is 13.2. The van der Waals surface area contributed by atoms with Crippen LogP contribution in [0.2, 0.25) is 0 Å². The van der Waals surface area contributed by atoms with Gasteiger partial charge in [-0.05, 0) is 48.4 Å². The summed E-state index contributed by atoms with van der Waals surface area (Å²) >= 11 is 0. The number of rotatable bonds is 10. The Morgan fingerprint density at radius 3 is 2.38 bits per heavy atom. The Balaban J connectivity index is 1.57. The molecule has 2 atom stereocenters. The maximum atomic E-state index is 13.9. The third kappa shape index (κ3) is 7.84. The number of aromatic hydroxyl groups is 1. The van der Waals surface area contributed by atoms with Crippen LogP contribution in [0, 0.1) is 0 Å². The number of nitrogens with zero attached hydrogens (tertiary/aromatic N) is 1. The molecule has 1 aliphatic rings. The van der Waals surface area contributed by atoms with E-state index in [1.807, 2.05) is 30.3 Å². The minimum Gasteiger partial charge on any atom is -0.508 e. The van der Waals surface area contributed by atoms with E-state index in [0.29, 0.717) is 11.3 Å². The largest absolute Gasteiger partial charge is 0.508 e. The Morgan fingerprint density at radius 2 is 1.69 bits per heavy atom. The van der Waals surface area contributed by atoms with E-state index in [0.717, 1.165) is 10.5 Å². The number of aliphatic carboxylic acids is 1. The first kappa shape index (κ1) is 29.6. The minimum atomic E-state index is -1.11. The molecule has 4 rings (SSSR count). The van der Waals surface area contributed by atoms with Gasteiger partial charge in [0.1, 0.15) is 18.3 Å². The Labute approximate surface area is 241 Å². The maximum absolute atomic E-state index is 13.9. The van der Waals surface area contributed by atoms with E-state index in [4.69, 9.17) is 5.11 Å². The van der Waals surface area contributed by atoms with Crippen molar-refractivity contribution in [1.82, 2.24) is 15.5 Å². The number of fused-ring (bicyclic) bond motifs is 1. The van der Waals surface area contributed by atoms with Gasteiger partial charge in [0.05, 0.1) is 17.7 Å². The highest BCUT2D eigenvalue weighted by Gasteiger charge is 2.37. The molecule has 0 aromatic heterocycles. The molecular weight excluding hydrogens is 542 g/mol. The molecule has 3 aromatic rings. The summed E-state index contributed by atoms with van der Waals surface area (Å²) in [7, 11) is 0. The van der Waals surface area contributed by atoms with Crippen LogP contribution in [0.15, 0.2) is 72.8 Å². The molecule has 0 unspecified atom stereocenters. The first-order chi connectivity index (χ1) is 20.1. The van der Waals surface area contributed by atoms with Crippen LogP contribution in [0.4, 0.5) is 16.2 Å². The lowest BCUT2D eigenvalue weighted by Crippen LogP contribution is -2.51. The molecule has 0 saturated carbocycles. The van der Waals surface area contributed by atoms with Gasteiger partial charge < -0.3 is 36.4 Å². The van der Waals surface area contributed by atoms with Crippen LogP contribution in [-0.4, -0.2) is 63.5 Å². The van der Waals surface area contributed by atoms with Gasteiger partial charge in [-0.2, -0.15) is 0 Å². The number of urea groups is 1. The Kier molecular flexibility index (Phi) is 9.38. The van der Waals surface area contributed by atoms with Crippen molar-refractivity contribution in [3.8, 4) is 5.75 Å². The summed E-state index contributed by atoms with van der Waals surface area (Å²) in [4.78, 5) is 64.8. The lowest BCUT2D eigenvalue weighted by Gasteiger charge is -2.29. The first-order valence-corrected chi connectivity index (χ1v) is 13.2. The van der Waals surface area contributed by atoms with E-state index in [2.05, 4.69) is 21.3 Å². The predicted octanol–water partition coefficient (Wildman–Crippen LogP) is 2.70. The van der Waals surface area contributed by atoms with Gasteiger partial charge in [-0.3, -0.25) is 19.2 Å². The molecule has 5 amide bonds. The summed E-state index contributed by atoms with van der Waals surface area (Å²) in [5.41, 5.74) is 2.09. The van der Waals surface area contributed by atoms with E-state index in [-0.39, 0.29) is 36.4 Å². The zero-order valence-corrected chi connectivity index (χ0v) is 22.8. The van der Waals surface area contributed by atoms with E-state index in [1.54, 1.807) is 18.2 Å². The number of phenols is 1. The number of phenolic OH excluding ortho intramolecular Hbond substituents is 1. The highest BCUT2D eigenvalue weighted by molar-refractivity contribution is 6.11. The van der Waals surface area contributed by atoms with Crippen molar-refractivity contribution < 1.29 is 34.2 Å². The highest BCUT2D eigenvalue weighted by atomic mass is 16.4. The SMILES string of the molecule is C[C@@H](CC(=O)O)NC(=O)CN1C(=O)c2cc(NC(=O)NCc3ccccc3)ccc2NC(=O)[C@@H]1Cc1ccc(O)cc1. The van der Waals surface area contributed by atoms with Crippen molar-refractivity contribution in [2.45, 2.75) is 38.4 Å². The zero-order valence-electron chi connectivity index (χ0n) is 22.8. The van der Waals surface area contributed by atoms with Crippen LogP contribution >= 0.6 is 0 Å². The summed E-state index contributed by atoms with van der Waals surface area (Å²) in [6.07, 6.45) is -0.280. The quantitative estimate of drug-likeness (QED) is 0.216. The van der Waals surface area contributed by atoms with Crippen molar-refractivity contribution in [2.24, 2.45) is 0 Å². The Bertz CT molecular complexity index is 1480. The van der Waals surface area contributed by atoms with Crippen LogP contribution in [0.5, 0.6) is 5.75 Å². The fraction of sp³-hybridized carbons (Fsp3) is 0.233. The van der Waals surface area contributed by atoms with Gasteiger partial charge in [0.25, 0.3) is 5.91 Å². The van der Waals surface area contributed by atoms with Crippen molar-refractivity contribution in [3.05, 3.63) is 89.5 Å². The number of amides is 5. The van der Waals surface area contributed by atoms with Crippen molar-refractivity contribution >= 4 is 41.1 Å². The number of benzene rings is 3. The second-order valence-corrected chi connectivity index (χ2v) is 9.93. The average molecular weight is 574 g/mol.